The van der Waals surface area contributed by atoms with E-state index < -0.39 is 0 Å². The third kappa shape index (κ3) is 7.89. The maximum atomic E-state index is 10.9. The highest BCUT2D eigenvalue weighted by molar-refractivity contribution is 5.95. The van der Waals surface area contributed by atoms with Crippen molar-refractivity contribution in [2.75, 3.05) is 6.54 Å². The lowest BCUT2D eigenvalue weighted by molar-refractivity contribution is -0.361. The van der Waals surface area contributed by atoms with Crippen molar-refractivity contribution in [2.45, 2.75) is 34.6 Å². The number of carbonyl (C=O) groups excluding carboxylic acids is 1. The minimum Gasteiger partial charge on any atom is -0.358 e. The Morgan fingerprint density at radius 2 is 1.67 bits per heavy atom. The van der Waals surface area contributed by atoms with E-state index in [1.54, 1.807) is 6.92 Å². The molecule has 0 unspecified atom stereocenters. The van der Waals surface area contributed by atoms with E-state index in [2.05, 4.69) is 5.73 Å². The van der Waals surface area contributed by atoms with Gasteiger partial charge in [-0.3, -0.25) is 4.79 Å². The molecule has 0 radical (unpaired) electrons. The molecule has 0 spiro atoms. The third-order valence-corrected chi connectivity index (χ3v) is 1.52. The second-order valence-electron chi connectivity index (χ2n) is 2.87. The van der Waals surface area contributed by atoms with Crippen molar-refractivity contribution in [1.29, 1.82) is 0 Å². The molecule has 0 atom stereocenters. The third-order valence-electron chi connectivity index (χ3n) is 1.52. The number of quaternary nitrogens is 1. The smallest absolute Gasteiger partial charge is 0.160 e. The van der Waals surface area contributed by atoms with Crippen molar-refractivity contribution in [1.82, 2.24) is 0 Å². The molecule has 2 nitrogen and oxygen atoms in total. The van der Waals surface area contributed by atoms with Crippen molar-refractivity contribution < 1.29 is 10.5 Å². The lowest BCUT2D eigenvalue weighted by atomic mass is 10.1. The first kappa shape index (κ1) is 16.3. The number of aryl methyl sites for hydroxylation is 1. The molecule has 0 aliphatic carbocycles. The van der Waals surface area contributed by atoms with Crippen LogP contribution in [0.4, 0.5) is 0 Å². The van der Waals surface area contributed by atoms with Crippen LogP contribution >= 0.6 is 0 Å². The van der Waals surface area contributed by atoms with Crippen LogP contribution in [0.5, 0.6) is 0 Å². The van der Waals surface area contributed by atoms with E-state index in [0.717, 1.165) is 17.7 Å². The van der Waals surface area contributed by atoms with E-state index in [1.807, 2.05) is 52.0 Å². The van der Waals surface area contributed by atoms with Crippen LogP contribution in [0.25, 0.3) is 0 Å². The van der Waals surface area contributed by atoms with Gasteiger partial charge in [0.25, 0.3) is 0 Å². The Hall–Kier alpha value is -1.15. The molecule has 1 rings (SSSR count). The van der Waals surface area contributed by atoms with Crippen LogP contribution in [0, 0.1) is 6.92 Å². The summed E-state index contributed by atoms with van der Waals surface area (Å²) in [6, 6.07) is 7.60. The van der Waals surface area contributed by atoms with E-state index in [4.69, 9.17) is 0 Å². The molecule has 86 valence electrons. The van der Waals surface area contributed by atoms with Crippen LogP contribution in [-0.4, -0.2) is 12.3 Å². The maximum Gasteiger partial charge on any atom is 0.160 e. The number of hydrogen-bond donors (Lipinski definition) is 1. The Labute approximate surface area is 93.5 Å². The standard InChI is InChI=1S/C9H10O.C2H7N.C2H6/c1-7-5-3-4-6-9(7)8(2)10;1-2-3;1-2/h3-6H,1-2H3;2-3H2,1H3;1-2H3/p+1. The van der Waals surface area contributed by atoms with Crippen molar-refractivity contribution in [3.05, 3.63) is 35.4 Å². The van der Waals surface area contributed by atoms with Gasteiger partial charge in [-0.25, -0.2) is 0 Å². The van der Waals surface area contributed by atoms with Gasteiger partial charge in [0, 0.05) is 5.56 Å². The largest absolute Gasteiger partial charge is 0.358 e. The predicted molar refractivity (Wildman–Crippen MR) is 66.0 cm³/mol. The van der Waals surface area contributed by atoms with Crippen LogP contribution in [0.2, 0.25) is 0 Å². The van der Waals surface area contributed by atoms with Crippen molar-refractivity contribution in [3.63, 3.8) is 0 Å². The Kier molecular flexibility index (Phi) is 11.9. The molecular formula is C13H24NO+. The number of benzene rings is 1. The Morgan fingerprint density at radius 3 is 1.93 bits per heavy atom. The van der Waals surface area contributed by atoms with Gasteiger partial charge in [0.15, 0.2) is 5.78 Å². The Balaban J connectivity index is 0. The first-order valence-corrected chi connectivity index (χ1v) is 5.49. The molecule has 3 N–H and O–H groups in total. The first-order chi connectivity index (χ1) is 7.13. The number of rotatable bonds is 1. The van der Waals surface area contributed by atoms with Gasteiger partial charge in [0.2, 0.25) is 0 Å². The number of hydrogen-bond acceptors (Lipinski definition) is 1. The minimum atomic E-state index is 0.137. The van der Waals surface area contributed by atoms with E-state index in [9.17, 15) is 4.79 Å². The van der Waals surface area contributed by atoms with Gasteiger partial charge in [-0.2, -0.15) is 0 Å². The minimum absolute atomic E-state index is 0.137. The summed E-state index contributed by atoms with van der Waals surface area (Å²) < 4.78 is 0. The summed E-state index contributed by atoms with van der Waals surface area (Å²) in [5.74, 6) is 0.137. The highest BCUT2D eigenvalue weighted by Gasteiger charge is 1.99. The molecule has 2 heteroatoms. The van der Waals surface area contributed by atoms with Crippen LogP contribution in [0.3, 0.4) is 0 Å². The van der Waals surface area contributed by atoms with Gasteiger partial charge in [0.1, 0.15) is 0 Å². The molecule has 0 aliphatic heterocycles. The second-order valence-corrected chi connectivity index (χ2v) is 2.87. The summed E-state index contributed by atoms with van der Waals surface area (Å²) in [7, 11) is 0. The van der Waals surface area contributed by atoms with Gasteiger partial charge in [0.05, 0.1) is 6.54 Å². The zero-order valence-corrected chi connectivity index (χ0v) is 10.6. The molecule has 0 heterocycles. The predicted octanol–water partition coefficient (Wildman–Crippen LogP) is 2.47. The van der Waals surface area contributed by atoms with Crippen molar-refractivity contribution in [3.8, 4) is 0 Å². The lowest BCUT2D eigenvalue weighted by Crippen LogP contribution is -2.48. The van der Waals surface area contributed by atoms with Crippen LogP contribution in [0.15, 0.2) is 24.3 Å². The molecule has 0 amide bonds. The fourth-order valence-electron chi connectivity index (χ4n) is 0.968. The van der Waals surface area contributed by atoms with E-state index >= 15 is 0 Å². The topological polar surface area (TPSA) is 44.7 Å². The molecule has 1 aromatic rings. The fourth-order valence-corrected chi connectivity index (χ4v) is 0.968. The maximum absolute atomic E-state index is 10.9. The van der Waals surface area contributed by atoms with E-state index in [-0.39, 0.29) is 5.78 Å². The summed E-state index contributed by atoms with van der Waals surface area (Å²) in [5, 5.41) is 0. The number of carbonyl (C=O) groups is 1. The highest BCUT2D eigenvalue weighted by Crippen LogP contribution is 2.06. The molecule has 1 aromatic carbocycles. The molecule has 15 heavy (non-hydrogen) atoms. The number of Topliss-reactive ketones (excluding diaryl/α,β-unsaturated/α-hetero) is 1. The summed E-state index contributed by atoms with van der Waals surface area (Å²) in [6.45, 7) is 10.5. The number of ketones is 1. The Morgan fingerprint density at radius 1 is 1.27 bits per heavy atom. The SMILES string of the molecule is CC.CC(=O)c1ccccc1C.CC[NH3+]. The molecule has 0 bridgehead atoms. The van der Waals surface area contributed by atoms with Gasteiger partial charge in [-0.15, -0.1) is 0 Å². The normalized spacial score (nSPS) is 7.87. The molecule has 0 aliphatic rings. The van der Waals surface area contributed by atoms with E-state index in [1.165, 1.54) is 0 Å². The van der Waals surface area contributed by atoms with Crippen LogP contribution in [0.1, 0.15) is 43.6 Å². The lowest BCUT2D eigenvalue weighted by Gasteiger charge is -1.97. The second kappa shape index (κ2) is 10.9. The van der Waals surface area contributed by atoms with Crippen LogP contribution in [-0.2, 0) is 0 Å². The average Bonchev–Trinajstić information content (AvgIpc) is 2.22. The summed E-state index contributed by atoms with van der Waals surface area (Å²) >= 11 is 0. The van der Waals surface area contributed by atoms with Gasteiger partial charge >= 0.3 is 0 Å². The summed E-state index contributed by atoms with van der Waals surface area (Å²) in [6.07, 6.45) is 0. The summed E-state index contributed by atoms with van der Waals surface area (Å²) in [5.41, 5.74) is 5.36. The average molecular weight is 210 g/mol. The zero-order valence-electron chi connectivity index (χ0n) is 10.6. The summed E-state index contributed by atoms with van der Waals surface area (Å²) in [4.78, 5) is 10.9. The van der Waals surface area contributed by atoms with Gasteiger partial charge in [-0.05, 0) is 26.3 Å². The first-order valence-electron chi connectivity index (χ1n) is 5.49. The zero-order chi connectivity index (χ0) is 12.3. The van der Waals surface area contributed by atoms with Crippen molar-refractivity contribution in [2.24, 2.45) is 0 Å². The monoisotopic (exact) mass is 210 g/mol. The quantitative estimate of drug-likeness (QED) is 0.711. The highest BCUT2D eigenvalue weighted by atomic mass is 16.1. The van der Waals surface area contributed by atoms with E-state index in [0.29, 0.717) is 0 Å². The molecular weight excluding hydrogens is 186 g/mol. The van der Waals surface area contributed by atoms with Gasteiger partial charge < -0.3 is 5.73 Å². The molecule has 0 saturated heterocycles. The Bertz CT molecular complexity index is 269. The van der Waals surface area contributed by atoms with Crippen molar-refractivity contribution >= 4 is 5.78 Å². The van der Waals surface area contributed by atoms with Gasteiger partial charge in [-0.1, -0.05) is 38.1 Å². The molecule has 0 fully saturated rings. The fraction of sp³-hybridized carbons (Fsp3) is 0.462. The molecule has 0 aromatic heterocycles. The molecule has 0 saturated carbocycles. The van der Waals surface area contributed by atoms with Crippen LogP contribution < -0.4 is 5.73 Å².